The molecular weight excluding hydrogens is 248 g/mol. The molecule has 0 bridgehead atoms. The maximum absolute atomic E-state index is 11.5. The highest BCUT2D eigenvalue weighted by Crippen LogP contribution is 2.28. The van der Waals surface area contributed by atoms with Crippen LogP contribution < -0.4 is 10.3 Å². The molecule has 2 rings (SSSR count). The number of carboxylic acid groups (broad SMARTS) is 1. The van der Waals surface area contributed by atoms with Crippen molar-refractivity contribution in [2.24, 2.45) is 0 Å². The van der Waals surface area contributed by atoms with Gasteiger partial charge in [0.25, 0.3) is 5.56 Å². The summed E-state index contributed by atoms with van der Waals surface area (Å²) in [5, 5.41) is 8.90. The summed E-state index contributed by atoms with van der Waals surface area (Å²) >= 11 is 0. The maximum atomic E-state index is 11.5. The normalized spacial score (nSPS) is 10.2. The Balaban J connectivity index is 2.68. The van der Waals surface area contributed by atoms with Crippen molar-refractivity contribution in [3.05, 3.63) is 46.0 Å². The smallest absolute Gasteiger partial charge is 0.372 e. The molecular formula is C13H12N2O4. The van der Waals surface area contributed by atoms with Gasteiger partial charge < -0.3 is 14.8 Å². The van der Waals surface area contributed by atoms with Crippen LogP contribution >= 0.6 is 0 Å². The summed E-state index contributed by atoms with van der Waals surface area (Å²) in [6.45, 7) is 1.88. The first-order chi connectivity index (χ1) is 9.01. The van der Waals surface area contributed by atoms with E-state index < -0.39 is 17.4 Å². The van der Waals surface area contributed by atoms with E-state index in [1.54, 1.807) is 12.1 Å². The van der Waals surface area contributed by atoms with E-state index in [0.717, 1.165) is 5.56 Å². The molecule has 0 saturated heterocycles. The molecule has 0 spiro atoms. The summed E-state index contributed by atoms with van der Waals surface area (Å²) in [7, 11) is 1.50. The molecule has 1 heterocycles. The van der Waals surface area contributed by atoms with Crippen LogP contribution in [0, 0.1) is 6.92 Å². The fraction of sp³-hybridized carbons (Fsp3) is 0.154. The number of methoxy groups -OCH3 is 1. The number of ether oxygens (including phenoxy) is 1. The van der Waals surface area contributed by atoms with Gasteiger partial charge in [0.1, 0.15) is 5.75 Å². The number of aryl methyl sites for hydroxylation is 1. The lowest BCUT2D eigenvalue weighted by Crippen LogP contribution is -2.15. The number of nitrogens with one attached hydrogen (secondary N) is 1. The zero-order chi connectivity index (χ0) is 14.0. The molecule has 0 saturated carbocycles. The Bertz CT molecular complexity index is 691. The summed E-state index contributed by atoms with van der Waals surface area (Å²) in [6, 6.07) is 6.62. The van der Waals surface area contributed by atoms with Crippen molar-refractivity contribution in [1.82, 2.24) is 9.97 Å². The van der Waals surface area contributed by atoms with Gasteiger partial charge in [-0.2, -0.15) is 0 Å². The van der Waals surface area contributed by atoms with Crippen LogP contribution in [0.15, 0.2) is 29.1 Å². The van der Waals surface area contributed by atoms with Gasteiger partial charge in [0.2, 0.25) is 5.82 Å². The number of nitrogens with zero attached hydrogens (tertiary/aromatic N) is 1. The average molecular weight is 260 g/mol. The van der Waals surface area contributed by atoms with Crippen molar-refractivity contribution >= 4 is 5.97 Å². The van der Waals surface area contributed by atoms with Crippen LogP contribution in [0.2, 0.25) is 0 Å². The van der Waals surface area contributed by atoms with Crippen molar-refractivity contribution in [3.63, 3.8) is 0 Å². The molecule has 0 radical (unpaired) electrons. The van der Waals surface area contributed by atoms with E-state index >= 15 is 0 Å². The van der Waals surface area contributed by atoms with E-state index in [0.29, 0.717) is 11.3 Å². The quantitative estimate of drug-likeness (QED) is 0.871. The Labute approximate surface area is 108 Å². The summed E-state index contributed by atoms with van der Waals surface area (Å²) < 4.78 is 5.20. The van der Waals surface area contributed by atoms with E-state index in [9.17, 15) is 9.59 Å². The lowest BCUT2D eigenvalue weighted by Gasteiger charge is -2.09. The first kappa shape index (κ1) is 12.8. The van der Waals surface area contributed by atoms with Crippen molar-refractivity contribution in [1.29, 1.82) is 0 Å². The third-order valence-corrected chi connectivity index (χ3v) is 2.58. The first-order valence-electron chi connectivity index (χ1n) is 5.51. The molecule has 0 amide bonds. The van der Waals surface area contributed by atoms with Crippen LogP contribution in [0.5, 0.6) is 5.75 Å². The molecule has 6 heteroatoms. The van der Waals surface area contributed by atoms with E-state index in [1.807, 2.05) is 13.0 Å². The van der Waals surface area contributed by atoms with Crippen LogP contribution in [0.1, 0.15) is 16.2 Å². The second-order valence-corrected chi connectivity index (χ2v) is 3.99. The van der Waals surface area contributed by atoms with Gasteiger partial charge in [-0.1, -0.05) is 11.6 Å². The van der Waals surface area contributed by atoms with Crippen LogP contribution in [0.4, 0.5) is 0 Å². The van der Waals surface area contributed by atoms with Gasteiger partial charge in [-0.25, -0.2) is 9.78 Å². The largest absolute Gasteiger partial charge is 0.496 e. The number of H-pyrrole nitrogens is 1. The highest BCUT2D eigenvalue weighted by molar-refractivity contribution is 5.84. The Hall–Kier alpha value is -2.63. The Morgan fingerprint density at radius 1 is 1.37 bits per heavy atom. The predicted molar refractivity (Wildman–Crippen MR) is 68.5 cm³/mol. The predicted octanol–water partition coefficient (Wildman–Crippen LogP) is 1.45. The number of rotatable bonds is 3. The summed E-state index contributed by atoms with van der Waals surface area (Å²) in [4.78, 5) is 28.4. The summed E-state index contributed by atoms with van der Waals surface area (Å²) in [5.74, 6) is -1.16. The maximum Gasteiger partial charge on any atom is 0.372 e. The molecule has 6 nitrogen and oxygen atoms in total. The average Bonchev–Trinajstić information content (AvgIpc) is 2.37. The van der Waals surface area contributed by atoms with Crippen molar-refractivity contribution in [3.8, 4) is 17.0 Å². The summed E-state index contributed by atoms with van der Waals surface area (Å²) in [6.07, 6.45) is 0. The Morgan fingerprint density at radius 3 is 2.74 bits per heavy atom. The Kier molecular flexibility index (Phi) is 3.33. The third kappa shape index (κ3) is 2.62. The van der Waals surface area contributed by atoms with Gasteiger partial charge in [-0.05, 0) is 19.1 Å². The lowest BCUT2D eigenvalue weighted by atomic mass is 10.1. The monoisotopic (exact) mass is 260 g/mol. The number of hydrogen-bond acceptors (Lipinski definition) is 4. The number of aromatic amines is 1. The molecule has 0 aliphatic heterocycles. The standard InChI is InChI=1S/C13H12N2O4/c1-7-3-4-10(19-2)8(5-7)9-6-11(16)15-12(14-9)13(17)18/h3-6H,1-2H3,(H,17,18)(H,14,15,16). The van der Waals surface area contributed by atoms with E-state index in [-0.39, 0.29) is 5.69 Å². The van der Waals surface area contributed by atoms with Gasteiger partial charge in [0, 0.05) is 11.6 Å². The van der Waals surface area contributed by atoms with Gasteiger partial charge >= 0.3 is 5.97 Å². The fourth-order valence-electron chi connectivity index (χ4n) is 1.72. The van der Waals surface area contributed by atoms with Gasteiger partial charge in [0.05, 0.1) is 12.8 Å². The molecule has 0 fully saturated rings. The van der Waals surface area contributed by atoms with Crippen molar-refractivity contribution in [2.45, 2.75) is 6.92 Å². The zero-order valence-corrected chi connectivity index (χ0v) is 10.4. The number of aromatic carboxylic acids is 1. The molecule has 19 heavy (non-hydrogen) atoms. The molecule has 1 aromatic heterocycles. The minimum absolute atomic E-state index is 0.265. The minimum atomic E-state index is -1.29. The SMILES string of the molecule is COc1ccc(C)cc1-c1cc(=O)[nH]c(C(=O)O)n1. The second-order valence-electron chi connectivity index (χ2n) is 3.99. The second kappa shape index (κ2) is 4.93. The molecule has 0 unspecified atom stereocenters. The molecule has 0 atom stereocenters. The highest BCUT2D eigenvalue weighted by atomic mass is 16.5. The number of benzene rings is 1. The summed E-state index contributed by atoms with van der Waals surface area (Å²) in [5.41, 5.74) is 1.28. The zero-order valence-electron chi connectivity index (χ0n) is 10.4. The molecule has 0 aliphatic rings. The lowest BCUT2D eigenvalue weighted by molar-refractivity contribution is 0.0683. The molecule has 98 valence electrons. The highest BCUT2D eigenvalue weighted by Gasteiger charge is 2.13. The number of carboxylic acids is 1. The van der Waals surface area contributed by atoms with E-state index in [1.165, 1.54) is 13.2 Å². The molecule has 1 aromatic carbocycles. The number of aromatic nitrogens is 2. The van der Waals surface area contributed by atoms with Crippen LogP contribution in [0.25, 0.3) is 11.3 Å². The van der Waals surface area contributed by atoms with Crippen LogP contribution in [0.3, 0.4) is 0 Å². The number of hydrogen-bond donors (Lipinski definition) is 2. The van der Waals surface area contributed by atoms with Crippen molar-refractivity contribution < 1.29 is 14.6 Å². The van der Waals surface area contributed by atoms with Gasteiger partial charge in [0.15, 0.2) is 0 Å². The minimum Gasteiger partial charge on any atom is -0.496 e. The van der Waals surface area contributed by atoms with Gasteiger partial charge in [-0.3, -0.25) is 4.79 Å². The fourth-order valence-corrected chi connectivity index (χ4v) is 1.72. The number of carbonyl (C=O) groups is 1. The molecule has 0 aliphatic carbocycles. The van der Waals surface area contributed by atoms with Gasteiger partial charge in [-0.15, -0.1) is 0 Å². The van der Waals surface area contributed by atoms with Crippen LogP contribution in [-0.4, -0.2) is 28.2 Å². The van der Waals surface area contributed by atoms with Crippen molar-refractivity contribution in [2.75, 3.05) is 7.11 Å². The first-order valence-corrected chi connectivity index (χ1v) is 5.51. The third-order valence-electron chi connectivity index (χ3n) is 2.58. The van der Waals surface area contributed by atoms with E-state index in [4.69, 9.17) is 9.84 Å². The van der Waals surface area contributed by atoms with Crippen LogP contribution in [-0.2, 0) is 0 Å². The molecule has 2 N–H and O–H groups in total. The Morgan fingerprint density at radius 2 is 2.11 bits per heavy atom. The topological polar surface area (TPSA) is 92.3 Å². The molecule has 2 aromatic rings. The van der Waals surface area contributed by atoms with E-state index in [2.05, 4.69) is 9.97 Å².